The smallest absolute Gasteiger partial charge is 0.222 e. The van der Waals surface area contributed by atoms with Gasteiger partial charge in [0.15, 0.2) is 0 Å². The van der Waals surface area contributed by atoms with Gasteiger partial charge in [0.2, 0.25) is 11.8 Å². The van der Waals surface area contributed by atoms with Crippen molar-refractivity contribution in [3.63, 3.8) is 0 Å². The summed E-state index contributed by atoms with van der Waals surface area (Å²) in [5, 5.41) is 2.65. The molecule has 0 unspecified atom stereocenters. The van der Waals surface area contributed by atoms with E-state index in [2.05, 4.69) is 5.32 Å². The van der Waals surface area contributed by atoms with Crippen LogP contribution in [0, 0.1) is 5.92 Å². The zero-order valence-corrected chi connectivity index (χ0v) is 8.88. The number of likely N-dealkylation sites (tertiary alicyclic amines) is 1. The molecule has 1 aliphatic heterocycles. The standard InChI is InChI=1S/C10H18N2O2/c1-3-9(13)12-6-4-8(5-7-12)10(14)11-2/h8H,3-7H2,1-2H3,(H,11,14). The monoisotopic (exact) mass is 198 g/mol. The van der Waals surface area contributed by atoms with E-state index in [1.54, 1.807) is 7.05 Å². The zero-order valence-electron chi connectivity index (χ0n) is 8.88. The summed E-state index contributed by atoms with van der Waals surface area (Å²) in [6.45, 7) is 3.32. The maximum Gasteiger partial charge on any atom is 0.222 e. The normalized spacial score (nSPS) is 18.0. The van der Waals surface area contributed by atoms with E-state index in [0.717, 1.165) is 25.9 Å². The van der Waals surface area contributed by atoms with Crippen molar-refractivity contribution in [3.8, 4) is 0 Å². The SMILES string of the molecule is CCC(=O)N1CCC(C(=O)NC)CC1. The molecular formula is C10H18N2O2. The highest BCUT2D eigenvalue weighted by molar-refractivity contribution is 5.79. The highest BCUT2D eigenvalue weighted by Gasteiger charge is 2.25. The Bertz CT molecular complexity index is 196. The van der Waals surface area contributed by atoms with Crippen LogP contribution in [0.1, 0.15) is 26.2 Å². The first-order valence-electron chi connectivity index (χ1n) is 5.18. The molecule has 2 amide bonds. The van der Waals surface area contributed by atoms with Gasteiger partial charge in [0.1, 0.15) is 0 Å². The Kier molecular flexibility index (Phi) is 3.92. The Morgan fingerprint density at radius 3 is 2.36 bits per heavy atom. The van der Waals surface area contributed by atoms with Gasteiger partial charge in [0, 0.05) is 32.5 Å². The third-order valence-corrected chi connectivity index (χ3v) is 2.77. The summed E-state index contributed by atoms with van der Waals surface area (Å²) in [5.74, 6) is 0.398. The fraction of sp³-hybridized carbons (Fsp3) is 0.800. The van der Waals surface area contributed by atoms with Gasteiger partial charge in [-0.05, 0) is 12.8 Å². The molecule has 0 spiro atoms. The maximum atomic E-state index is 11.3. The topological polar surface area (TPSA) is 49.4 Å². The van der Waals surface area contributed by atoms with Gasteiger partial charge < -0.3 is 10.2 Å². The van der Waals surface area contributed by atoms with E-state index in [1.165, 1.54) is 0 Å². The number of amides is 2. The van der Waals surface area contributed by atoms with Crippen LogP contribution in [0.4, 0.5) is 0 Å². The molecule has 1 N–H and O–H groups in total. The Balaban J connectivity index is 2.38. The van der Waals surface area contributed by atoms with E-state index in [-0.39, 0.29) is 17.7 Å². The third-order valence-electron chi connectivity index (χ3n) is 2.77. The van der Waals surface area contributed by atoms with Crippen molar-refractivity contribution in [1.29, 1.82) is 0 Å². The lowest BCUT2D eigenvalue weighted by Gasteiger charge is -2.30. The van der Waals surface area contributed by atoms with Gasteiger partial charge >= 0.3 is 0 Å². The molecule has 4 nitrogen and oxygen atoms in total. The van der Waals surface area contributed by atoms with Crippen molar-refractivity contribution in [3.05, 3.63) is 0 Å². The number of hydrogen-bond acceptors (Lipinski definition) is 2. The molecule has 0 saturated carbocycles. The number of rotatable bonds is 2. The van der Waals surface area contributed by atoms with Crippen LogP contribution in [0.2, 0.25) is 0 Å². The van der Waals surface area contributed by atoms with Crippen LogP contribution < -0.4 is 5.32 Å². The molecule has 1 aliphatic rings. The van der Waals surface area contributed by atoms with E-state index in [1.807, 2.05) is 11.8 Å². The second kappa shape index (κ2) is 4.98. The van der Waals surface area contributed by atoms with Gasteiger partial charge in [-0.25, -0.2) is 0 Å². The van der Waals surface area contributed by atoms with Gasteiger partial charge in [0.25, 0.3) is 0 Å². The highest BCUT2D eigenvalue weighted by Crippen LogP contribution is 2.17. The molecular weight excluding hydrogens is 180 g/mol. The van der Waals surface area contributed by atoms with E-state index < -0.39 is 0 Å². The minimum atomic E-state index is 0.0981. The summed E-state index contributed by atoms with van der Waals surface area (Å²) < 4.78 is 0. The summed E-state index contributed by atoms with van der Waals surface area (Å²) in [6.07, 6.45) is 2.15. The minimum Gasteiger partial charge on any atom is -0.359 e. The molecule has 14 heavy (non-hydrogen) atoms. The fourth-order valence-corrected chi connectivity index (χ4v) is 1.82. The molecule has 0 aromatic rings. The predicted molar refractivity (Wildman–Crippen MR) is 53.7 cm³/mol. The van der Waals surface area contributed by atoms with Crippen LogP contribution >= 0.6 is 0 Å². The number of nitrogens with zero attached hydrogens (tertiary/aromatic N) is 1. The minimum absolute atomic E-state index is 0.0981. The number of nitrogens with one attached hydrogen (secondary N) is 1. The molecule has 4 heteroatoms. The first kappa shape index (κ1) is 11.0. The van der Waals surface area contributed by atoms with Gasteiger partial charge in [0.05, 0.1) is 0 Å². The first-order valence-corrected chi connectivity index (χ1v) is 5.18. The van der Waals surface area contributed by atoms with E-state index in [0.29, 0.717) is 6.42 Å². The fourth-order valence-electron chi connectivity index (χ4n) is 1.82. The van der Waals surface area contributed by atoms with Crippen molar-refractivity contribution in [2.24, 2.45) is 5.92 Å². The van der Waals surface area contributed by atoms with Crippen LogP contribution in [0.5, 0.6) is 0 Å². The van der Waals surface area contributed by atoms with Crippen molar-refractivity contribution >= 4 is 11.8 Å². The van der Waals surface area contributed by atoms with E-state index in [9.17, 15) is 9.59 Å². The molecule has 80 valence electrons. The van der Waals surface area contributed by atoms with Crippen LogP contribution in [0.3, 0.4) is 0 Å². The molecule has 1 heterocycles. The maximum absolute atomic E-state index is 11.3. The quantitative estimate of drug-likeness (QED) is 0.697. The molecule has 0 radical (unpaired) electrons. The number of hydrogen-bond donors (Lipinski definition) is 1. The summed E-state index contributed by atoms with van der Waals surface area (Å²) in [5.41, 5.74) is 0. The third kappa shape index (κ3) is 2.47. The predicted octanol–water partition coefficient (Wildman–Crippen LogP) is 0.381. The largest absolute Gasteiger partial charge is 0.359 e. The Morgan fingerprint density at radius 1 is 1.36 bits per heavy atom. The van der Waals surface area contributed by atoms with Crippen molar-refractivity contribution < 1.29 is 9.59 Å². The van der Waals surface area contributed by atoms with Crippen LogP contribution in [-0.4, -0.2) is 36.9 Å². The van der Waals surface area contributed by atoms with Crippen LogP contribution in [0.25, 0.3) is 0 Å². The Hall–Kier alpha value is -1.06. The zero-order chi connectivity index (χ0) is 10.6. The number of carbonyl (C=O) groups is 2. The van der Waals surface area contributed by atoms with Crippen LogP contribution in [-0.2, 0) is 9.59 Å². The molecule has 1 rings (SSSR count). The summed E-state index contributed by atoms with van der Waals surface area (Å²) in [4.78, 5) is 24.5. The second-order valence-electron chi connectivity index (χ2n) is 3.62. The summed E-state index contributed by atoms with van der Waals surface area (Å²) >= 11 is 0. The van der Waals surface area contributed by atoms with Crippen molar-refractivity contribution in [2.75, 3.05) is 20.1 Å². The molecule has 0 aromatic heterocycles. The van der Waals surface area contributed by atoms with Gasteiger partial charge in [-0.1, -0.05) is 6.92 Å². The molecule has 0 atom stereocenters. The number of carbonyl (C=O) groups excluding carboxylic acids is 2. The first-order chi connectivity index (χ1) is 6.69. The highest BCUT2D eigenvalue weighted by atomic mass is 16.2. The second-order valence-corrected chi connectivity index (χ2v) is 3.62. The van der Waals surface area contributed by atoms with Crippen LogP contribution in [0.15, 0.2) is 0 Å². The molecule has 1 saturated heterocycles. The Labute approximate surface area is 84.7 Å². The van der Waals surface area contributed by atoms with E-state index >= 15 is 0 Å². The lowest BCUT2D eigenvalue weighted by atomic mass is 9.96. The Morgan fingerprint density at radius 2 is 1.93 bits per heavy atom. The summed E-state index contributed by atoms with van der Waals surface area (Å²) in [6, 6.07) is 0. The molecule has 0 bridgehead atoms. The van der Waals surface area contributed by atoms with E-state index in [4.69, 9.17) is 0 Å². The van der Waals surface area contributed by atoms with Gasteiger partial charge in [-0.3, -0.25) is 9.59 Å². The molecule has 0 aromatic carbocycles. The summed E-state index contributed by atoms with van der Waals surface area (Å²) in [7, 11) is 1.66. The molecule has 0 aliphatic carbocycles. The van der Waals surface area contributed by atoms with Crippen molar-refractivity contribution in [2.45, 2.75) is 26.2 Å². The molecule has 1 fully saturated rings. The lowest BCUT2D eigenvalue weighted by Crippen LogP contribution is -2.42. The number of piperidine rings is 1. The average molecular weight is 198 g/mol. The average Bonchev–Trinajstić information content (AvgIpc) is 2.27. The van der Waals surface area contributed by atoms with Gasteiger partial charge in [-0.2, -0.15) is 0 Å². The van der Waals surface area contributed by atoms with Crippen molar-refractivity contribution in [1.82, 2.24) is 10.2 Å². The lowest BCUT2D eigenvalue weighted by molar-refractivity contribution is -0.135. The van der Waals surface area contributed by atoms with Gasteiger partial charge in [-0.15, -0.1) is 0 Å².